The van der Waals surface area contributed by atoms with E-state index in [0.717, 1.165) is 66.5 Å². The zero-order valence-electron chi connectivity index (χ0n) is 18.1. The summed E-state index contributed by atoms with van der Waals surface area (Å²) in [7, 11) is -3.20. The van der Waals surface area contributed by atoms with Crippen molar-refractivity contribution in [2.24, 2.45) is 0 Å². The van der Waals surface area contributed by atoms with Crippen molar-refractivity contribution in [1.82, 2.24) is 9.88 Å². The number of halogens is 1. The highest BCUT2D eigenvalue weighted by molar-refractivity contribution is 7.90. The first-order valence-corrected chi connectivity index (χ1v) is 12.9. The smallest absolute Gasteiger partial charge is 0.175 e. The van der Waals surface area contributed by atoms with E-state index in [9.17, 15) is 12.8 Å². The van der Waals surface area contributed by atoms with Gasteiger partial charge in [0.1, 0.15) is 5.82 Å². The zero-order chi connectivity index (χ0) is 22.3. The molecule has 1 atom stereocenters. The van der Waals surface area contributed by atoms with Gasteiger partial charge in [-0.05, 0) is 66.3 Å². The van der Waals surface area contributed by atoms with Crippen LogP contribution < -0.4 is 0 Å². The van der Waals surface area contributed by atoms with Crippen molar-refractivity contribution < 1.29 is 17.5 Å². The van der Waals surface area contributed by atoms with Gasteiger partial charge in [-0.1, -0.05) is 12.1 Å². The first-order valence-electron chi connectivity index (χ1n) is 11.0. The Bertz CT molecular complexity index is 1300. The number of sulfone groups is 1. The van der Waals surface area contributed by atoms with Crippen LogP contribution in [0.15, 0.2) is 53.6 Å². The Morgan fingerprint density at radius 2 is 2.06 bits per heavy atom. The van der Waals surface area contributed by atoms with Crippen molar-refractivity contribution in [2.45, 2.75) is 30.3 Å². The Labute approximate surface area is 187 Å². The summed E-state index contributed by atoms with van der Waals surface area (Å²) in [6, 6.07) is 10.3. The molecule has 168 valence electrons. The first kappa shape index (κ1) is 21.4. The lowest BCUT2D eigenvalue weighted by atomic mass is 9.95. The van der Waals surface area contributed by atoms with Gasteiger partial charge >= 0.3 is 0 Å². The summed E-state index contributed by atoms with van der Waals surface area (Å²) < 4.78 is 43.2. The van der Waals surface area contributed by atoms with Crippen molar-refractivity contribution in [3.05, 3.63) is 71.2 Å². The summed E-state index contributed by atoms with van der Waals surface area (Å²) in [5.41, 5.74) is 5.48. The summed E-state index contributed by atoms with van der Waals surface area (Å²) in [5, 5.41) is 1.06. The Balaban J connectivity index is 1.24. The average molecular weight is 455 g/mol. The number of fused-ring (bicyclic) bond motifs is 2. The van der Waals surface area contributed by atoms with Crippen LogP contribution in [0.2, 0.25) is 0 Å². The van der Waals surface area contributed by atoms with E-state index in [1.165, 1.54) is 24.0 Å². The molecule has 2 aromatic carbocycles. The fourth-order valence-electron chi connectivity index (χ4n) is 4.81. The van der Waals surface area contributed by atoms with Gasteiger partial charge in [-0.2, -0.15) is 0 Å². The van der Waals surface area contributed by atoms with Gasteiger partial charge in [0.25, 0.3) is 0 Å². The molecule has 2 aliphatic rings. The summed E-state index contributed by atoms with van der Waals surface area (Å²) >= 11 is 0. The van der Waals surface area contributed by atoms with Gasteiger partial charge in [0, 0.05) is 48.6 Å². The molecule has 3 heterocycles. The molecule has 7 heteroatoms. The molecule has 0 saturated heterocycles. The van der Waals surface area contributed by atoms with Gasteiger partial charge in [0.05, 0.1) is 17.6 Å². The van der Waals surface area contributed by atoms with Crippen molar-refractivity contribution in [1.29, 1.82) is 0 Å². The first-order chi connectivity index (χ1) is 15.4. The molecule has 1 unspecified atom stereocenters. The van der Waals surface area contributed by atoms with Crippen LogP contribution in [0, 0.1) is 5.82 Å². The lowest BCUT2D eigenvalue weighted by molar-refractivity contribution is 0.0299. The van der Waals surface area contributed by atoms with Crippen molar-refractivity contribution >= 4 is 26.3 Å². The molecule has 0 spiro atoms. The minimum Gasteiger partial charge on any atom is -0.373 e. The predicted octanol–water partition coefficient (Wildman–Crippen LogP) is 4.50. The van der Waals surface area contributed by atoms with Gasteiger partial charge < -0.3 is 9.72 Å². The second-order valence-corrected chi connectivity index (χ2v) is 10.7. The Morgan fingerprint density at radius 1 is 1.19 bits per heavy atom. The number of nitrogens with zero attached hydrogens (tertiary/aromatic N) is 1. The van der Waals surface area contributed by atoms with Crippen LogP contribution >= 0.6 is 0 Å². The highest BCUT2D eigenvalue weighted by Gasteiger charge is 2.24. The maximum atomic E-state index is 13.5. The van der Waals surface area contributed by atoms with Crippen LogP contribution in [0.3, 0.4) is 0 Å². The van der Waals surface area contributed by atoms with E-state index in [2.05, 4.69) is 16.0 Å². The van der Waals surface area contributed by atoms with Crippen LogP contribution in [0.5, 0.6) is 0 Å². The lowest BCUT2D eigenvalue weighted by Gasteiger charge is -2.31. The topological polar surface area (TPSA) is 62.4 Å². The largest absolute Gasteiger partial charge is 0.373 e. The zero-order valence-corrected chi connectivity index (χ0v) is 18.9. The third-order valence-electron chi connectivity index (χ3n) is 6.57. The van der Waals surface area contributed by atoms with Gasteiger partial charge in [0.2, 0.25) is 0 Å². The number of aromatic amines is 1. The number of aromatic nitrogens is 1. The molecule has 0 radical (unpaired) electrons. The molecule has 5 nitrogen and oxygen atoms in total. The number of benzene rings is 2. The Hall–Kier alpha value is -2.48. The molecule has 1 aromatic heterocycles. The van der Waals surface area contributed by atoms with Gasteiger partial charge in [-0.3, -0.25) is 4.90 Å². The SMILES string of the molecule is CS(=O)(=O)c1ccc2c(c1)CCOC2CCN1CC=C(c2c[nH]c3cc(F)ccc23)CC1. The second kappa shape index (κ2) is 8.46. The average Bonchev–Trinajstić information content (AvgIpc) is 3.20. The monoisotopic (exact) mass is 454 g/mol. The van der Waals surface area contributed by atoms with Crippen molar-refractivity contribution in [3.63, 3.8) is 0 Å². The Kier molecular flexibility index (Phi) is 5.65. The molecule has 0 fully saturated rings. The number of nitrogens with one attached hydrogen (secondary N) is 1. The standard InChI is InChI=1S/C25H27FN2O3S/c1-32(29,30)20-3-5-21-18(14-20)9-13-31-25(21)8-12-28-10-6-17(7-11-28)23-16-27-24-15-19(26)2-4-22(23)24/h2-6,14-16,25,27H,7-13H2,1H3. The molecular formula is C25H27FN2O3S. The molecule has 0 aliphatic carbocycles. The molecule has 0 amide bonds. The van der Waals surface area contributed by atoms with Crippen molar-refractivity contribution in [3.8, 4) is 0 Å². The van der Waals surface area contributed by atoms with Gasteiger partial charge in [0.15, 0.2) is 9.84 Å². The summed E-state index contributed by atoms with van der Waals surface area (Å²) in [4.78, 5) is 5.98. The highest BCUT2D eigenvalue weighted by Crippen LogP contribution is 2.33. The fraction of sp³-hybridized carbons (Fsp3) is 0.360. The van der Waals surface area contributed by atoms with Crippen LogP contribution in [-0.4, -0.2) is 50.8 Å². The molecule has 0 saturated carbocycles. The molecule has 32 heavy (non-hydrogen) atoms. The summed E-state index contributed by atoms with van der Waals surface area (Å²) in [6.07, 6.45) is 8.07. The molecule has 2 aliphatic heterocycles. The highest BCUT2D eigenvalue weighted by atomic mass is 32.2. The normalized spacial score (nSPS) is 19.7. The minimum atomic E-state index is -3.20. The maximum absolute atomic E-state index is 13.5. The number of rotatable bonds is 5. The number of hydrogen-bond donors (Lipinski definition) is 1. The Morgan fingerprint density at radius 3 is 2.84 bits per heavy atom. The number of ether oxygens (including phenoxy) is 1. The number of H-pyrrole nitrogens is 1. The van der Waals surface area contributed by atoms with E-state index in [-0.39, 0.29) is 11.9 Å². The van der Waals surface area contributed by atoms with E-state index in [1.54, 1.807) is 6.07 Å². The quantitative estimate of drug-likeness (QED) is 0.617. The summed E-state index contributed by atoms with van der Waals surface area (Å²) in [5.74, 6) is -0.228. The molecule has 1 N–H and O–H groups in total. The fourth-order valence-corrected chi connectivity index (χ4v) is 5.48. The minimum absolute atomic E-state index is 0.00116. The van der Waals surface area contributed by atoms with Gasteiger partial charge in [-0.15, -0.1) is 0 Å². The molecule has 0 bridgehead atoms. The summed E-state index contributed by atoms with van der Waals surface area (Å²) in [6.45, 7) is 3.37. The molecular weight excluding hydrogens is 427 g/mol. The number of hydrogen-bond acceptors (Lipinski definition) is 4. The van der Waals surface area contributed by atoms with Crippen LogP contribution in [0.25, 0.3) is 16.5 Å². The van der Waals surface area contributed by atoms with E-state index in [1.807, 2.05) is 24.4 Å². The maximum Gasteiger partial charge on any atom is 0.175 e. The third kappa shape index (κ3) is 4.25. The second-order valence-electron chi connectivity index (χ2n) is 8.70. The predicted molar refractivity (Wildman–Crippen MR) is 124 cm³/mol. The third-order valence-corrected chi connectivity index (χ3v) is 7.68. The van der Waals surface area contributed by atoms with Crippen molar-refractivity contribution in [2.75, 3.05) is 32.5 Å². The van der Waals surface area contributed by atoms with Crippen LogP contribution in [-0.2, 0) is 21.0 Å². The van der Waals surface area contributed by atoms with E-state index in [4.69, 9.17) is 4.74 Å². The van der Waals surface area contributed by atoms with E-state index < -0.39 is 9.84 Å². The van der Waals surface area contributed by atoms with Crippen LogP contribution in [0.4, 0.5) is 4.39 Å². The van der Waals surface area contributed by atoms with Crippen LogP contribution in [0.1, 0.15) is 35.6 Å². The van der Waals surface area contributed by atoms with Gasteiger partial charge in [-0.25, -0.2) is 12.8 Å². The van der Waals surface area contributed by atoms with E-state index in [0.29, 0.717) is 11.5 Å². The molecule has 5 rings (SSSR count). The lowest BCUT2D eigenvalue weighted by Crippen LogP contribution is -2.31. The van der Waals surface area contributed by atoms with E-state index >= 15 is 0 Å². The molecule has 3 aromatic rings.